The molecule has 6 nitrogen and oxygen atoms in total. The minimum absolute atomic E-state index is 0.0487. The molecule has 0 radical (unpaired) electrons. The Bertz CT molecular complexity index is 1260. The largest absolute Gasteiger partial charge is 0.287 e. The highest BCUT2D eigenvalue weighted by molar-refractivity contribution is 9.10. The van der Waals surface area contributed by atoms with E-state index < -0.39 is 0 Å². The lowest BCUT2D eigenvalue weighted by Crippen LogP contribution is -2.23. The topological polar surface area (TPSA) is 69.3 Å². The van der Waals surface area contributed by atoms with Gasteiger partial charge in [0.2, 0.25) is 0 Å². The average Bonchev–Trinajstić information content (AvgIpc) is 3.12. The molecule has 3 heterocycles. The van der Waals surface area contributed by atoms with Gasteiger partial charge in [0.05, 0.1) is 16.6 Å². The predicted molar refractivity (Wildman–Crippen MR) is 113 cm³/mol. The molecular weight excluding hydrogens is 448 g/mol. The molecule has 4 aromatic rings. The molecule has 0 atom stereocenters. The van der Waals surface area contributed by atoms with Crippen molar-refractivity contribution < 1.29 is 0 Å². The van der Waals surface area contributed by atoms with Gasteiger partial charge in [-0.1, -0.05) is 34.6 Å². The summed E-state index contributed by atoms with van der Waals surface area (Å²) in [4.78, 5) is 34.9. The van der Waals surface area contributed by atoms with Crippen molar-refractivity contribution in [2.24, 2.45) is 0 Å². The van der Waals surface area contributed by atoms with Crippen LogP contribution in [-0.2, 0) is 12.3 Å². The maximum atomic E-state index is 12.9. The molecule has 3 aromatic heterocycles. The molecule has 0 aliphatic carbocycles. The summed E-state index contributed by atoms with van der Waals surface area (Å²) in [5.41, 5.74) is 1.20. The van der Waals surface area contributed by atoms with E-state index in [1.165, 1.54) is 33.6 Å². The van der Waals surface area contributed by atoms with Crippen molar-refractivity contribution in [3.8, 4) is 0 Å². The fourth-order valence-corrected chi connectivity index (χ4v) is 4.82. The average molecular weight is 463 g/mol. The number of rotatable bonds is 5. The highest BCUT2D eigenvalue weighted by atomic mass is 79.9. The first-order valence-corrected chi connectivity index (χ1v) is 11.0. The second kappa shape index (κ2) is 7.57. The highest BCUT2D eigenvalue weighted by Gasteiger charge is 2.13. The van der Waals surface area contributed by atoms with Crippen molar-refractivity contribution in [3.05, 3.63) is 66.7 Å². The fourth-order valence-electron chi connectivity index (χ4n) is 2.80. The van der Waals surface area contributed by atoms with Gasteiger partial charge in [-0.15, -0.1) is 11.3 Å². The van der Waals surface area contributed by atoms with Gasteiger partial charge in [0, 0.05) is 34.4 Å². The van der Waals surface area contributed by atoms with E-state index in [0.717, 1.165) is 10.9 Å². The normalized spacial score (nSPS) is 11.5. The summed E-state index contributed by atoms with van der Waals surface area (Å²) in [6, 6.07) is 7.05. The van der Waals surface area contributed by atoms with Crippen LogP contribution >= 0.6 is 39.0 Å². The first-order chi connectivity index (χ1) is 13.1. The van der Waals surface area contributed by atoms with E-state index in [2.05, 4.69) is 25.9 Å². The molecule has 27 heavy (non-hydrogen) atoms. The Balaban J connectivity index is 1.73. The molecule has 9 heteroatoms. The van der Waals surface area contributed by atoms with Crippen LogP contribution in [0.1, 0.15) is 19.0 Å². The third-order valence-corrected chi connectivity index (χ3v) is 6.29. The molecule has 0 N–H and O–H groups in total. The van der Waals surface area contributed by atoms with Crippen molar-refractivity contribution in [2.75, 3.05) is 0 Å². The number of thioether (sulfide) groups is 1. The molecule has 0 amide bonds. The van der Waals surface area contributed by atoms with Gasteiger partial charge < -0.3 is 0 Å². The van der Waals surface area contributed by atoms with Gasteiger partial charge in [-0.25, -0.2) is 9.97 Å². The highest BCUT2D eigenvalue weighted by Crippen LogP contribution is 2.23. The van der Waals surface area contributed by atoms with Gasteiger partial charge in [-0.05, 0) is 24.6 Å². The van der Waals surface area contributed by atoms with Crippen LogP contribution in [0.25, 0.3) is 15.9 Å². The third kappa shape index (κ3) is 3.59. The van der Waals surface area contributed by atoms with E-state index in [9.17, 15) is 9.59 Å². The molecule has 138 valence electrons. The van der Waals surface area contributed by atoms with Gasteiger partial charge in [-0.3, -0.25) is 18.6 Å². The maximum Gasteiger partial charge on any atom is 0.262 e. The lowest BCUT2D eigenvalue weighted by atomic mass is 10.2. The minimum Gasteiger partial charge on any atom is -0.287 e. The Morgan fingerprint density at radius 3 is 2.89 bits per heavy atom. The third-order valence-electron chi connectivity index (χ3n) is 4.03. The maximum absolute atomic E-state index is 12.9. The van der Waals surface area contributed by atoms with Crippen LogP contribution in [0.4, 0.5) is 0 Å². The molecule has 0 saturated heterocycles. The number of nitrogens with zero attached hydrogens (tertiary/aromatic N) is 4. The Labute approximate surface area is 171 Å². The van der Waals surface area contributed by atoms with E-state index in [4.69, 9.17) is 0 Å². The number of benzene rings is 1. The number of halogens is 1. The van der Waals surface area contributed by atoms with E-state index in [1.54, 1.807) is 16.8 Å². The predicted octanol–water partition coefficient (Wildman–Crippen LogP) is 3.93. The smallest absolute Gasteiger partial charge is 0.262 e. The fraction of sp³-hybridized carbons (Fsp3) is 0.222. The summed E-state index contributed by atoms with van der Waals surface area (Å²) in [6.45, 7) is 2.62. The van der Waals surface area contributed by atoms with E-state index in [0.29, 0.717) is 39.0 Å². The van der Waals surface area contributed by atoms with Crippen LogP contribution in [0.3, 0.4) is 0 Å². The lowest BCUT2D eigenvalue weighted by molar-refractivity contribution is 0.584. The van der Waals surface area contributed by atoms with Crippen LogP contribution in [0.15, 0.2) is 55.1 Å². The van der Waals surface area contributed by atoms with E-state index in [-0.39, 0.29) is 11.1 Å². The number of hydrogen-bond donors (Lipinski definition) is 0. The molecule has 0 bridgehead atoms. The Kier molecular flexibility index (Phi) is 5.16. The molecule has 0 spiro atoms. The number of thiazole rings is 1. The molecule has 4 rings (SSSR count). The number of fused-ring (bicyclic) bond motifs is 2. The van der Waals surface area contributed by atoms with Crippen molar-refractivity contribution in [1.29, 1.82) is 0 Å². The summed E-state index contributed by atoms with van der Waals surface area (Å²) in [5.74, 6) is 0.474. The summed E-state index contributed by atoms with van der Waals surface area (Å²) >= 11 is 6.26. The second-order valence-electron chi connectivity index (χ2n) is 5.94. The van der Waals surface area contributed by atoms with Crippen molar-refractivity contribution in [1.82, 2.24) is 18.9 Å². The first kappa shape index (κ1) is 18.4. The van der Waals surface area contributed by atoms with Crippen LogP contribution in [0.5, 0.6) is 0 Å². The number of aromatic nitrogens is 4. The SMILES string of the molecule is CCCn1c(SCc2cc(=O)n3ccsc3n2)nc2ccc(Br)cc2c1=O. The second-order valence-corrected chi connectivity index (χ2v) is 8.67. The molecule has 0 unspecified atom stereocenters. The standard InChI is InChI=1S/C18H15BrN4O2S2/c1-2-5-23-16(25)13-8-11(19)3-4-14(13)21-18(23)27-10-12-9-15(24)22-6-7-26-17(22)20-12/h3-4,6-9H,2,5,10H2,1H3. The Morgan fingerprint density at radius 1 is 1.22 bits per heavy atom. The van der Waals surface area contributed by atoms with Crippen LogP contribution in [0, 0.1) is 0 Å². The molecule has 1 aromatic carbocycles. The minimum atomic E-state index is -0.0980. The molecular formula is C18H15BrN4O2S2. The van der Waals surface area contributed by atoms with Crippen LogP contribution in [0.2, 0.25) is 0 Å². The van der Waals surface area contributed by atoms with Crippen molar-refractivity contribution in [3.63, 3.8) is 0 Å². The van der Waals surface area contributed by atoms with Gasteiger partial charge in [0.15, 0.2) is 10.1 Å². The van der Waals surface area contributed by atoms with Crippen molar-refractivity contribution in [2.45, 2.75) is 30.8 Å². The summed E-state index contributed by atoms with van der Waals surface area (Å²) < 4.78 is 4.08. The Hall–Kier alpha value is -1.97. The summed E-state index contributed by atoms with van der Waals surface area (Å²) in [5, 5.41) is 3.08. The van der Waals surface area contributed by atoms with E-state index >= 15 is 0 Å². The molecule has 0 aliphatic rings. The zero-order valence-electron chi connectivity index (χ0n) is 14.4. The van der Waals surface area contributed by atoms with Crippen molar-refractivity contribution >= 4 is 54.9 Å². The van der Waals surface area contributed by atoms with Gasteiger partial charge in [0.25, 0.3) is 11.1 Å². The van der Waals surface area contributed by atoms with Gasteiger partial charge in [0.1, 0.15) is 0 Å². The molecule has 0 fully saturated rings. The molecule has 0 saturated carbocycles. The zero-order valence-corrected chi connectivity index (χ0v) is 17.6. The quantitative estimate of drug-likeness (QED) is 0.332. The summed E-state index contributed by atoms with van der Waals surface area (Å²) in [7, 11) is 0. The monoisotopic (exact) mass is 462 g/mol. The van der Waals surface area contributed by atoms with Gasteiger partial charge >= 0.3 is 0 Å². The first-order valence-electron chi connectivity index (χ1n) is 8.35. The lowest BCUT2D eigenvalue weighted by Gasteiger charge is -2.12. The Morgan fingerprint density at radius 2 is 2.07 bits per heavy atom. The van der Waals surface area contributed by atoms with Crippen LogP contribution < -0.4 is 11.1 Å². The number of hydrogen-bond acceptors (Lipinski definition) is 6. The van der Waals surface area contributed by atoms with E-state index in [1.807, 2.05) is 24.4 Å². The van der Waals surface area contributed by atoms with Gasteiger partial charge in [-0.2, -0.15) is 0 Å². The molecule has 0 aliphatic heterocycles. The summed E-state index contributed by atoms with van der Waals surface area (Å²) in [6.07, 6.45) is 2.55. The van der Waals surface area contributed by atoms with Crippen LogP contribution in [-0.4, -0.2) is 18.9 Å². The zero-order chi connectivity index (χ0) is 19.0.